The van der Waals surface area contributed by atoms with Gasteiger partial charge in [-0.2, -0.15) is 0 Å². The van der Waals surface area contributed by atoms with Crippen LogP contribution >= 0.6 is 11.3 Å². The van der Waals surface area contributed by atoms with E-state index in [4.69, 9.17) is 5.73 Å². The molecule has 4 nitrogen and oxygen atoms in total. The first-order chi connectivity index (χ1) is 9.70. The largest absolute Gasteiger partial charge is 0.375 e. The number of nitrogens with zero attached hydrogens (tertiary/aromatic N) is 3. The number of rotatable bonds is 3. The first-order valence-electron chi connectivity index (χ1n) is 6.95. The fourth-order valence-corrected chi connectivity index (χ4v) is 3.33. The summed E-state index contributed by atoms with van der Waals surface area (Å²) in [7, 11) is 0. The molecule has 1 saturated heterocycles. The highest BCUT2D eigenvalue weighted by atomic mass is 32.1. The molecule has 0 atom stereocenters. The van der Waals surface area contributed by atoms with Crippen molar-refractivity contribution in [2.45, 2.75) is 13.5 Å². The van der Waals surface area contributed by atoms with Crippen molar-refractivity contribution in [1.29, 1.82) is 0 Å². The summed E-state index contributed by atoms with van der Waals surface area (Å²) >= 11 is 1.59. The molecule has 0 unspecified atom stereocenters. The molecule has 1 aliphatic heterocycles. The average Bonchev–Trinajstić information content (AvgIpc) is 2.85. The molecule has 0 aliphatic carbocycles. The number of hydrogen-bond acceptors (Lipinski definition) is 5. The molecule has 1 fully saturated rings. The minimum atomic E-state index is 0.665. The first-order valence-corrected chi connectivity index (χ1v) is 7.76. The van der Waals surface area contributed by atoms with Gasteiger partial charge in [-0.25, -0.2) is 4.98 Å². The molecule has 20 heavy (non-hydrogen) atoms. The number of aryl methyl sites for hydroxylation is 1. The van der Waals surface area contributed by atoms with Gasteiger partial charge >= 0.3 is 0 Å². The van der Waals surface area contributed by atoms with E-state index in [1.54, 1.807) is 11.3 Å². The molecule has 3 rings (SSSR count). The summed E-state index contributed by atoms with van der Waals surface area (Å²) in [5.74, 6) is 0. The highest BCUT2D eigenvalue weighted by Gasteiger charge is 2.17. The Hall–Kier alpha value is -1.59. The highest BCUT2D eigenvalue weighted by molar-refractivity contribution is 7.15. The molecule has 0 amide bonds. The van der Waals surface area contributed by atoms with Crippen LogP contribution in [0.4, 0.5) is 10.8 Å². The molecule has 0 bridgehead atoms. The Bertz CT molecular complexity index is 573. The predicted octanol–water partition coefficient (Wildman–Crippen LogP) is 2.36. The Morgan fingerprint density at radius 1 is 1.25 bits per heavy atom. The number of nitrogens with two attached hydrogens (primary N) is 1. The summed E-state index contributed by atoms with van der Waals surface area (Å²) in [6.45, 7) is 7.46. The third-order valence-electron chi connectivity index (χ3n) is 3.69. The Balaban J connectivity index is 1.57. The third-order valence-corrected chi connectivity index (χ3v) is 4.50. The molecule has 106 valence electrons. The van der Waals surface area contributed by atoms with Crippen molar-refractivity contribution in [2.24, 2.45) is 0 Å². The van der Waals surface area contributed by atoms with E-state index in [1.165, 1.54) is 16.1 Å². The van der Waals surface area contributed by atoms with Gasteiger partial charge in [-0.05, 0) is 24.6 Å². The van der Waals surface area contributed by atoms with Crippen LogP contribution in [0.25, 0.3) is 0 Å². The summed E-state index contributed by atoms with van der Waals surface area (Å²) in [4.78, 5) is 10.3. The van der Waals surface area contributed by atoms with Crippen LogP contribution in [0.15, 0.2) is 30.5 Å². The number of hydrogen-bond donors (Lipinski definition) is 1. The van der Waals surface area contributed by atoms with Gasteiger partial charge in [0.05, 0.1) is 0 Å². The van der Waals surface area contributed by atoms with Gasteiger partial charge in [0, 0.05) is 49.5 Å². The lowest BCUT2D eigenvalue weighted by Crippen LogP contribution is -2.45. The molecule has 1 aliphatic rings. The van der Waals surface area contributed by atoms with Crippen LogP contribution in [-0.2, 0) is 6.54 Å². The fourth-order valence-electron chi connectivity index (χ4n) is 2.60. The maximum Gasteiger partial charge on any atom is 0.180 e. The van der Waals surface area contributed by atoms with Gasteiger partial charge in [0.1, 0.15) is 0 Å². The van der Waals surface area contributed by atoms with Gasteiger partial charge in [-0.3, -0.25) is 4.90 Å². The van der Waals surface area contributed by atoms with Crippen molar-refractivity contribution in [2.75, 3.05) is 36.8 Å². The number of anilines is 2. The number of nitrogen functional groups attached to an aromatic ring is 1. The van der Waals surface area contributed by atoms with Crippen LogP contribution in [0.2, 0.25) is 0 Å². The van der Waals surface area contributed by atoms with E-state index in [2.05, 4.69) is 46.0 Å². The van der Waals surface area contributed by atoms with Crippen LogP contribution in [0, 0.1) is 6.92 Å². The van der Waals surface area contributed by atoms with E-state index >= 15 is 0 Å². The SMILES string of the molecule is Cc1cccc(N2CCN(Cc3cnc(N)s3)CC2)c1. The predicted molar refractivity (Wildman–Crippen MR) is 85.2 cm³/mol. The number of piperazine rings is 1. The smallest absolute Gasteiger partial charge is 0.180 e. The van der Waals surface area contributed by atoms with Gasteiger partial charge in [0.25, 0.3) is 0 Å². The van der Waals surface area contributed by atoms with Crippen molar-refractivity contribution >= 4 is 22.2 Å². The van der Waals surface area contributed by atoms with Gasteiger partial charge in [0.15, 0.2) is 5.13 Å². The fraction of sp³-hybridized carbons (Fsp3) is 0.400. The molecule has 1 aromatic carbocycles. The molecular formula is C15H20N4S. The standard InChI is InChI=1S/C15H20N4S/c1-12-3-2-4-13(9-12)19-7-5-18(6-8-19)11-14-10-17-15(16)20-14/h2-4,9-10H,5-8,11H2,1H3,(H2,16,17). The minimum Gasteiger partial charge on any atom is -0.375 e. The molecule has 0 saturated carbocycles. The summed E-state index contributed by atoms with van der Waals surface area (Å²) < 4.78 is 0. The van der Waals surface area contributed by atoms with Gasteiger partial charge in [0.2, 0.25) is 0 Å². The van der Waals surface area contributed by atoms with Crippen molar-refractivity contribution < 1.29 is 0 Å². The van der Waals surface area contributed by atoms with Crippen LogP contribution in [-0.4, -0.2) is 36.1 Å². The second-order valence-electron chi connectivity index (χ2n) is 5.27. The van der Waals surface area contributed by atoms with E-state index in [0.29, 0.717) is 5.13 Å². The topological polar surface area (TPSA) is 45.4 Å². The Kier molecular flexibility index (Phi) is 3.89. The molecule has 2 N–H and O–H groups in total. The molecule has 0 spiro atoms. The minimum absolute atomic E-state index is 0.665. The summed E-state index contributed by atoms with van der Waals surface area (Å²) in [6, 6.07) is 8.75. The number of benzene rings is 1. The second kappa shape index (κ2) is 5.81. The quantitative estimate of drug-likeness (QED) is 0.942. The Morgan fingerprint density at radius 2 is 2.05 bits per heavy atom. The zero-order valence-corrected chi connectivity index (χ0v) is 12.6. The normalized spacial score (nSPS) is 16.6. The molecule has 5 heteroatoms. The van der Waals surface area contributed by atoms with Gasteiger partial charge < -0.3 is 10.6 Å². The van der Waals surface area contributed by atoms with Gasteiger partial charge in [-0.1, -0.05) is 12.1 Å². The van der Waals surface area contributed by atoms with Crippen LogP contribution in [0.1, 0.15) is 10.4 Å². The molecular weight excluding hydrogens is 268 g/mol. The third kappa shape index (κ3) is 3.11. The van der Waals surface area contributed by atoms with E-state index < -0.39 is 0 Å². The average molecular weight is 288 g/mol. The first kappa shape index (κ1) is 13.4. The molecule has 0 radical (unpaired) electrons. The Labute approximate surface area is 123 Å². The maximum atomic E-state index is 5.68. The molecule has 2 heterocycles. The van der Waals surface area contributed by atoms with Crippen molar-refractivity contribution in [3.8, 4) is 0 Å². The zero-order valence-electron chi connectivity index (χ0n) is 11.7. The summed E-state index contributed by atoms with van der Waals surface area (Å²) in [6.07, 6.45) is 1.90. The zero-order chi connectivity index (χ0) is 13.9. The lowest BCUT2D eigenvalue weighted by atomic mass is 10.2. The highest BCUT2D eigenvalue weighted by Crippen LogP contribution is 2.20. The van der Waals surface area contributed by atoms with Crippen LogP contribution in [0.3, 0.4) is 0 Å². The maximum absolute atomic E-state index is 5.68. The Morgan fingerprint density at radius 3 is 2.70 bits per heavy atom. The van der Waals surface area contributed by atoms with E-state index in [0.717, 1.165) is 32.7 Å². The van der Waals surface area contributed by atoms with Crippen molar-refractivity contribution in [1.82, 2.24) is 9.88 Å². The van der Waals surface area contributed by atoms with Crippen molar-refractivity contribution in [3.63, 3.8) is 0 Å². The lowest BCUT2D eigenvalue weighted by Gasteiger charge is -2.36. The monoisotopic (exact) mass is 288 g/mol. The molecule has 2 aromatic rings. The van der Waals surface area contributed by atoms with Crippen molar-refractivity contribution in [3.05, 3.63) is 40.9 Å². The van der Waals surface area contributed by atoms with E-state index in [-0.39, 0.29) is 0 Å². The lowest BCUT2D eigenvalue weighted by molar-refractivity contribution is 0.252. The number of thiazole rings is 1. The van der Waals surface area contributed by atoms with Crippen LogP contribution in [0.5, 0.6) is 0 Å². The van der Waals surface area contributed by atoms with Gasteiger partial charge in [-0.15, -0.1) is 11.3 Å². The van der Waals surface area contributed by atoms with Crippen LogP contribution < -0.4 is 10.6 Å². The summed E-state index contributed by atoms with van der Waals surface area (Å²) in [5.41, 5.74) is 8.34. The second-order valence-corrected chi connectivity index (χ2v) is 6.41. The number of aromatic nitrogens is 1. The summed E-state index contributed by atoms with van der Waals surface area (Å²) in [5, 5.41) is 0.665. The van der Waals surface area contributed by atoms with E-state index in [9.17, 15) is 0 Å². The van der Waals surface area contributed by atoms with E-state index in [1.807, 2.05) is 6.20 Å². The molecule has 1 aromatic heterocycles.